The molecule has 1 atom stereocenters. The molecule has 0 radical (unpaired) electrons. The van der Waals surface area contributed by atoms with Gasteiger partial charge in [-0.15, -0.1) is 0 Å². The first-order valence-corrected chi connectivity index (χ1v) is 7.32. The van der Waals surface area contributed by atoms with Crippen molar-refractivity contribution in [3.63, 3.8) is 0 Å². The average molecular weight is 314 g/mol. The van der Waals surface area contributed by atoms with Gasteiger partial charge in [-0.05, 0) is 12.1 Å². The van der Waals surface area contributed by atoms with Crippen LogP contribution in [-0.2, 0) is 16.6 Å². The van der Waals surface area contributed by atoms with Crippen LogP contribution in [0.1, 0.15) is 6.42 Å². The number of benzene rings is 1. The summed E-state index contributed by atoms with van der Waals surface area (Å²) in [5.41, 5.74) is 0.688. The molecule has 2 aromatic rings. The Morgan fingerprint density at radius 3 is 2.83 bits per heavy atom. The topological polar surface area (TPSA) is 76.5 Å². The van der Waals surface area contributed by atoms with Crippen molar-refractivity contribution < 1.29 is 14.3 Å². The van der Waals surface area contributed by atoms with Crippen molar-refractivity contribution in [1.29, 1.82) is 0 Å². The van der Waals surface area contributed by atoms with Crippen LogP contribution in [0, 0.1) is 5.92 Å². The molecule has 1 saturated heterocycles. The Bertz CT molecular complexity index is 740. The number of ether oxygens (including phenoxy) is 1. The first-order valence-electron chi connectivity index (χ1n) is 7.32. The predicted molar refractivity (Wildman–Crippen MR) is 85.3 cm³/mol. The number of carbonyl (C=O) groups excluding carboxylic acids is 2. The lowest BCUT2D eigenvalue weighted by atomic mass is 10.1. The average Bonchev–Trinajstić information content (AvgIpc) is 3.13. The number of aryl methyl sites for hydroxylation is 1. The number of para-hydroxylation sites is 2. The minimum atomic E-state index is -0.408. The number of anilines is 2. The van der Waals surface area contributed by atoms with Crippen LogP contribution in [-0.4, -0.2) is 35.2 Å². The van der Waals surface area contributed by atoms with Gasteiger partial charge in [0.05, 0.1) is 18.7 Å². The number of methoxy groups -OCH3 is 1. The summed E-state index contributed by atoms with van der Waals surface area (Å²) in [7, 11) is 3.34. The molecule has 7 heteroatoms. The van der Waals surface area contributed by atoms with Gasteiger partial charge in [0.1, 0.15) is 5.75 Å². The molecular weight excluding hydrogens is 296 g/mol. The molecule has 1 aliphatic heterocycles. The van der Waals surface area contributed by atoms with Crippen molar-refractivity contribution >= 4 is 23.3 Å². The van der Waals surface area contributed by atoms with Crippen LogP contribution in [0.15, 0.2) is 36.5 Å². The number of hydrogen-bond acceptors (Lipinski definition) is 4. The molecule has 2 heterocycles. The van der Waals surface area contributed by atoms with Gasteiger partial charge < -0.3 is 15.0 Å². The van der Waals surface area contributed by atoms with Crippen LogP contribution in [0.25, 0.3) is 0 Å². The fraction of sp³-hybridized carbons (Fsp3) is 0.312. The van der Waals surface area contributed by atoms with Crippen molar-refractivity contribution in [2.75, 3.05) is 23.9 Å². The smallest absolute Gasteiger partial charge is 0.231 e. The summed E-state index contributed by atoms with van der Waals surface area (Å²) in [6.45, 7) is 0.331. The summed E-state index contributed by atoms with van der Waals surface area (Å²) in [6, 6.07) is 9.01. The van der Waals surface area contributed by atoms with E-state index < -0.39 is 5.92 Å². The van der Waals surface area contributed by atoms with Gasteiger partial charge >= 0.3 is 0 Å². The number of nitrogens with one attached hydrogen (secondary N) is 1. The lowest BCUT2D eigenvalue weighted by Crippen LogP contribution is -2.28. The molecule has 0 spiro atoms. The maximum atomic E-state index is 12.3. The van der Waals surface area contributed by atoms with E-state index in [4.69, 9.17) is 4.74 Å². The Balaban J connectivity index is 1.73. The van der Waals surface area contributed by atoms with Gasteiger partial charge in [0.15, 0.2) is 5.82 Å². The van der Waals surface area contributed by atoms with Crippen LogP contribution in [0.3, 0.4) is 0 Å². The molecule has 0 bridgehead atoms. The predicted octanol–water partition coefficient (Wildman–Crippen LogP) is 1.42. The Hall–Kier alpha value is -2.83. The van der Waals surface area contributed by atoms with E-state index in [0.717, 1.165) is 0 Å². The summed E-state index contributed by atoms with van der Waals surface area (Å²) >= 11 is 0. The molecule has 7 nitrogen and oxygen atoms in total. The van der Waals surface area contributed by atoms with Crippen LogP contribution < -0.4 is 15.0 Å². The van der Waals surface area contributed by atoms with Gasteiger partial charge in [0.25, 0.3) is 0 Å². The van der Waals surface area contributed by atoms with E-state index in [-0.39, 0.29) is 18.2 Å². The molecule has 0 aliphatic carbocycles. The third kappa shape index (κ3) is 3.03. The van der Waals surface area contributed by atoms with E-state index in [9.17, 15) is 9.59 Å². The van der Waals surface area contributed by atoms with Crippen LogP contribution in [0.4, 0.5) is 11.5 Å². The van der Waals surface area contributed by atoms with Crippen LogP contribution in [0.2, 0.25) is 0 Å². The fourth-order valence-corrected chi connectivity index (χ4v) is 2.68. The van der Waals surface area contributed by atoms with E-state index >= 15 is 0 Å². The molecule has 1 aromatic heterocycles. The zero-order valence-corrected chi connectivity index (χ0v) is 13.0. The molecule has 3 rings (SSSR count). The molecule has 23 heavy (non-hydrogen) atoms. The highest BCUT2D eigenvalue weighted by Crippen LogP contribution is 2.32. The highest BCUT2D eigenvalue weighted by molar-refractivity contribution is 6.03. The number of carbonyl (C=O) groups is 2. The third-order valence-electron chi connectivity index (χ3n) is 3.84. The summed E-state index contributed by atoms with van der Waals surface area (Å²) < 4.78 is 6.90. The molecule has 1 aromatic carbocycles. The normalized spacial score (nSPS) is 17.4. The van der Waals surface area contributed by atoms with Gasteiger partial charge in [0, 0.05) is 32.3 Å². The summed E-state index contributed by atoms with van der Waals surface area (Å²) in [4.78, 5) is 26.2. The molecule has 1 fully saturated rings. The summed E-state index contributed by atoms with van der Waals surface area (Å²) in [5, 5.41) is 6.86. The maximum Gasteiger partial charge on any atom is 0.231 e. The summed E-state index contributed by atoms with van der Waals surface area (Å²) in [5.74, 6) is 0.409. The monoisotopic (exact) mass is 314 g/mol. The highest BCUT2D eigenvalue weighted by Gasteiger charge is 2.36. The van der Waals surface area contributed by atoms with Gasteiger partial charge in [-0.2, -0.15) is 5.10 Å². The number of rotatable bonds is 4. The van der Waals surface area contributed by atoms with E-state index in [1.165, 1.54) is 0 Å². The number of aromatic nitrogens is 2. The maximum absolute atomic E-state index is 12.3. The standard InChI is InChI=1S/C16H18N4O3/c1-19-8-7-14(18-19)17-16(22)11-9-15(21)20(10-11)12-5-3-4-6-13(12)23-2/h3-8,11H,9-10H2,1-2H3,(H,17,18,22). The first-order chi connectivity index (χ1) is 11.1. The Morgan fingerprint density at radius 1 is 1.35 bits per heavy atom. The van der Waals surface area contributed by atoms with Crippen LogP contribution >= 0.6 is 0 Å². The lowest BCUT2D eigenvalue weighted by Gasteiger charge is -2.19. The Labute approximate surface area is 133 Å². The first kappa shape index (κ1) is 15.1. The fourth-order valence-electron chi connectivity index (χ4n) is 2.68. The number of amides is 2. The minimum Gasteiger partial charge on any atom is -0.495 e. The van der Waals surface area contributed by atoms with Gasteiger partial charge in [-0.3, -0.25) is 14.3 Å². The van der Waals surface area contributed by atoms with Crippen molar-refractivity contribution in [2.24, 2.45) is 13.0 Å². The van der Waals surface area contributed by atoms with Crippen molar-refractivity contribution in [1.82, 2.24) is 9.78 Å². The quantitative estimate of drug-likeness (QED) is 0.926. The molecule has 1 unspecified atom stereocenters. The van der Waals surface area contributed by atoms with E-state index in [2.05, 4.69) is 10.4 Å². The zero-order valence-electron chi connectivity index (χ0n) is 13.0. The van der Waals surface area contributed by atoms with E-state index in [1.807, 2.05) is 18.2 Å². The molecular formula is C16H18N4O3. The highest BCUT2D eigenvalue weighted by atomic mass is 16.5. The second kappa shape index (κ2) is 6.12. The third-order valence-corrected chi connectivity index (χ3v) is 3.84. The molecule has 2 amide bonds. The van der Waals surface area contributed by atoms with Crippen molar-refractivity contribution in [3.05, 3.63) is 36.5 Å². The lowest BCUT2D eigenvalue weighted by molar-refractivity contribution is -0.122. The second-order valence-electron chi connectivity index (χ2n) is 5.44. The zero-order chi connectivity index (χ0) is 16.4. The molecule has 1 aliphatic rings. The molecule has 0 saturated carbocycles. The Morgan fingerprint density at radius 2 is 2.13 bits per heavy atom. The van der Waals surface area contributed by atoms with Crippen molar-refractivity contribution in [3.8, 4) is 5.75 Å². The molecule has 1 N–H and O–H groups in total. The van der Waals surface area contributed by atoms with Gasteiger partial charge in [-0.25, -0.2) is 0 Å². The largest absolute Gasteiger partial charge is 0.495 e. The SMILES string of the molecule is COc1ccccc1N1CC(C(=O)Nc2ccn(C)n2)CC1=O. The van der Waals surface area contributed by atoms with E-state index in [1.54, 1.807) is 42.1 Å². The summed E-state index contributed by atoms with van der Waals surface area (Å²) in [6.07, 6.45) is 1.92. The minimum absolute atomic E-state index is 0.0873. The Kier molecular flexibility index (Phi) is 4.01. The number of hydrogen-bond donors (Lipinski definition) is 1. The number of nitrogens with zero attached hydrogens (tertiary/aromatic N) is 3. The van der Waals surface area contributed by atoms with Crippen LogP contribution in [0.5, 0.6) is 5.75 Å². The molecule has 120 valence electrons. The second-order valence-corrected chi connectivity index (χ2v) is 5.44. The van der Waals surface area contributed by atoms with Crippen molar-refractivity contribution in [2.45, 2.75) is 6.42 Å². The van der Waals surface area contributed by atoms with Gasteiger partial charge in [0.2, 0.25) is 11.8 Å². The van der Waals surface area contributed by atoms with E-state index in [0.29, 0.717) is 23.8 Å². The van der Waals surface area contributed by atoms with Gasteiger partial charge in [-0.1, -0.05) is 12.1 Å².